The smallest absolute Gasteiger partial charge is 0.306 e. The van der Waals surface area contributed by atoms with Crippen LogP contribution in [-0.4, -0.2) is 49.9 Å². The Labute approximate surface area is 325 Å². The highest BCUT2D eigenvalue weighted by molar-refractivity contribution is 7.45. The number of unbranched alkanes of at least 4 members (excludes halogenated alkanes) is 10. The molecule has 0 aliphatic heterocycles. The van der Waals surface area contributed by atoms with Gasteiger partial charge in [-0.15, -0.1) is 0 Å². The summed E-state index contributed by atoms with van der Waals surface area (Å²) in [6, 6.07) is -1.43. The molecule has 0 spiro atoms. The molecular weight excluding hydrogens is 709 g/mol. The first-order valence-electron chi connectivity index (χ1n) is 20.0. The van der Waals surface area contributed by atoms with E-state index in [4.69, 9.17) is 14.0 Å². The third-order valence-corrected chi connectivity index (χ3v) is 8.91. The standard InChI is InChI=1S/C42H70NO10P/c1-3-5-7-9-11-13-15-17-19-21-23-25-27-29-31-33-40(44)50-35-38(36-51-54(48,49)52-37-39(43)42(46)47)53-41(45)34-32-30-28-26-24-22-20-18-16-14-12-10-8-6-4-2/h5-8,11-14,17-20,38-39H,3-4,9-10,15-16,21-37,43H2,1-2H3,(H,46,47)(H,48,49)/p-1/b7-5-,8-6-,13-11-,14-12-,19-17-,20-18-/t38-,39+/m1/s1. The fourth-order valence-corrected chi connectivity index (χ4v) is 5.64. The number of phosphoric acid groups is 1. The maximum Gasteiger partial charge on any atom is 0.306 e. The van der Waals surface area contributed by atoms with Gasteiger partial charge >= 0.3 is 11.9 Å². The van der Waals surface area contributed by atoms with E-state index >= 15 is 0 Å². The first kappa shape index (κ1) is 50.9. The van der Waals surface area contributed by atoms with Crippen molar-refractivity contribution in [3.63, 3.8) is 0 Å². The van der Waals surface area contributed by atoms with Crippen LogP contribution in [0.2, 0.25) is 0 Å². The van der Waals surface area contributed by atoms with Crippen molar-refractivity contribution in [2.75, 3.05) is 19.8 Å². The second-order valence-electron chi connectivity index (χ2n) is 13.1. The molecular formula is C42H69NO10P-. The number of carbonyl (C=O) groups excluding carboxylic acids is 3. The second kappa shape index (κ2) is 36.9. The van der Waals surface area contributed by atoms with Gasteiger partial charge in [0.2, 0.25) is 0 Å². The third kappa shape index (κ3) is 35.9. The Morgan fingerprint density at radius 2 is 0.981 bits per heavy atom. The molecule has 0 heterocycles. The van der Waals surface area contributed by atoms with E-state index in [1.54, 1.807) is 0 Å². The number of carboxylic acid groups (broad SMARTS) is 1. The number of phosphoric ester groups is 1. The molecule has 0 amide bonds. The highest BCUT2D eigenvalue weighted by atomic mass is 31.2. The van der Waals surface area contributed by atoms with Crippen molar-refractivity contribution in [3.8, 4) is 0 Å². The summed E-state index contributed by atoms with van der Waals surface area (Å²) in [5.74, 6) is -2.63. The Hall–Kier alpha value is -3.08. The zero-order chi connectivity index (χ0) is 40.0. The first-order valence-corrected chi connectivity index (χ1v) is 21.5. The highest BCUT2D eigenvalue weighted by Gasteiger charge is 2.22. The molecule has 3 atom stereocenters. The molecule has 0 aliphatic carbocycles. The topological polar surface area (TPSA) is 179 Å². The van der Waals surface area contributed by atoms with Crippen LogP contribution in [0, 0.1) is 0 Å². The molecule has 3 N–H and O–H groups in total. The van der Waals surface area contributed by atoms with Gasteiger partial charge in [0.15, 0.2) is 6.10 Å². The quantitative estimate of drug-likeness (QED) is 0.0290. The predicted molar refractivity (Wildman–Crippen MR) is 211 cm³/mol. The molecule has 54 heavy (non-hydrogen) atoms. The number of carboxylic acids is 1. The van der Waals surface area contributed by atoms with E-state index in [0.717, 1.165) is 103 Å². The number of ether oxygens (including phenoxy) is 2. The molecule has 0 aliphatic rings. The Morgan fingerprint density at radius 1 is 0.574 bits per heavy atom. The number of quaternary nitrogens is 1. The fourth-order valence-electron chi connectivity index (χ4n) is 4.86. The van der Waals surface area contributed by atoms with Crippen LogP contribution in [0.5, 0.6) is 0 Å². The van der Waals surface area contributed by atoms with Crippen LogP contribution in [0.3, 0.4) is 0 Å². The molecule has 12 heteroatoms. The van der Waals surface area contributed by atoms with Gasteiger partial charge in [-0.2, -0.15) is 0 Å². The van der Waals surface area contributed by atoms with Crippen molar-refractivity contribution in [1.29, 1.82) is 0 Å². The van der Waals surface area contributed by atoms with Crippen LogP contribution in [0.15, 0.2) is 72.9 Å². The summed E-state index contributed by atoms with van der Waals surface area (Å²) in [6.07, 6.45) is 42.3. The molecule has 0 saturated carbocycles. The summed E-state index contributed by atoms with van der Waals surface area (Å²) in [5.41, 5.74) is 3.23. The lowest BCUT2D eigenvalue weighted by molar-refractivity contribution is -0.441. The molecule has 0 aromatic carbocycles. The largest absolute Gasteiger partial charge is 0.756 e. The Morgan fingerprint density at radius 3 is 1.46 bits per heavy atom. The van der Waals surface area contributed by atoms with Crippen molar-refractivity contribution in [2.24, 2.45) is 0 Å². The molecule has 0 bridgehead atoms. The molecule has 0 aromatic heterocycles. The van der Waals surface area contributed by atoms with Crippen molar-refractivity contribution in [2.45, 2.75) is 154 Å². The summed E-state index contributed by atoms with van der Waals surface area (Å²) in [6.45, 7) is 2.41. The lowest BCUT2D eigenvalue weighted by Crippen LogP contribution is -2.70. The number of hydrogen-bond acceptors (Lipinski definition) is 10. The Balaban J connectivity index is 4.48. The van der Waals surface area contributed by atoms with Crippen LogP contribution in [-0.2, 0) is 37.5 Å². The molecule has 0 aromatic rings. The van der Waals surface area contributed by atoms with Gasteiger partial charge in [-0.3, -0.25) is 14.2 Å². The van der Waals surface area contributed by atoms with Crippen molar-refractivity contribution < 1.29 is 53.2 Å². The lowest BCUT2D eigenvalue weighted by Gasteiger charge is -2.26. The van der Waals surface area contributed by atoms with Gasteiger partial charge < -0.3 is 39.0 Å². The summed E-state index contributed by atoms with van der Waals surface area (Å²) < 4.78 is 32.2. The van der Waals surface area contributed by atoms with Gasteiger partial charge in [-0.05, 0) is 77.0 Å². The molecule has 11 nitrogen and oxygen atoms in total. The van der Waals surface area contributed by atoms with Gasteiger partial charge in [-0.1, -0.05) is 125 Å². The average Bonchev–Trinajstić information content (AvgIpc) is 3.14. The van der Waals surface area contributed by atoms with E-state index in [1.807, 2.05) is 0 Å². The van der Waals surface area contributed by atoms with Gasteiger partial charge in [-0.25, -0.2) is 0 Å². The van der Waals surface area contributed by atoms with Crippen LogP contribution in [0.4, 0.5) is 0 Å². The van der Waals surface area contributed by atoms with Crippen LogP contribution in [0.1, 0.15) is 142 Å². The van der Waals surface area contributed by atoms with E-state index in [0.29, 0.717) is 12.8 Å². The van der Waals surface area contributed by atoms with Gasteiger partial charge in [0.1, 0.15) is 25.2 Å². The SMILES string of the molecule is CC/C=C\C/C=C\C/C=C\CCCCCCCC(=O)OC[C@H](COP(=O)([O-])OC[C@H]([NH3+])C(=O)[O-])OC(=O)CCCCCCC/C=C\C/C=C\C/C=C\CC. The number of carbonyl (C=O) groups is 3. The number of rotatable bonds is 36. The maximum absolute atomic E-state index is 12.6. The van der Waals surface area contributed by atoms with Gasteiger partial charge in [0, 0.05) is 12.8 Å². The van der Waals surface area contributed by atoms with Gasteiger partial charge in [0.05, 0.1) is 6.61 Å². The van der Waals surface area contributed by atoms with E-state index in [-0.39, 0.29) is 12.8 Å². The van der Waals surface area contributed by atoms with Crippen molar-refractivity contribution in [1.82, 2.24) is 0 Å². The van der Waals surface area contributed by atoms with E-state index in [9.17, 15) is 28.9 Å². The van der Waals surface area contributed by atoms with Crippen LogP contribution in [0.25, 0.3) is 0 Å². The average molecular weight is 779 g/mol. The molecule has 1 unspecified atom stereocenters. The fraction of sp³-hybridized carbons (Fsp3) is 0.643. The van der Waals surface area contributed by atoms with Gasteiger partial charge in [0.25, 0.3) is 7.82 Å². The minimum absolute atomic E-state index is 0.119. The van der Waals surface area contributed by atoms with E-state index < -0.39 is 57.7 Å². The number of allylic oxidation sites excluding steroid dienone is 12. The summed E-state index contributed by atoms with van der Waals surface area (Å²) >= 11 is 0. The second-order valence-corrected chi connectivity index (χ2v) is 14.5. The summed E-state index contributed by atoms with van der Waals surface area (Å²) in [7, 11) is -4.96. The number of esters is 2. The lowest BCUT2D eigenvalue weighted by atomic mass is 10.1. The predicted octanol–water partition coefficient (Wildman–Crippen LogP) is 7.48. The molecule has 0 fully saturated rings. The third-order valence-electron chi connectivity index (χ3n) is 7.98. The molecule has 0 radical (unpaired) electrons. The van der Waals surface area contributed by atoms with Crippen LogP contribution >= 0.6 is 7.82 Å². The zero-order valence-electron chi connectivity index (χ0n) is 33.1. The van der Waals surface area contributed by atoms with Crippen molar-refractivity contribution in [3.05, 3.63) is 72.9 Å². The monoisotopic (exact) mass is 778 g/mol. The minimum atomic E-state index is -4.96. The Bertz CT molecular complexity index is 1190. The van der Waals surface area contributed by atoms with E-state index in [2.05, 4.69) is 97.0 Å². The minimum Gasteiger partial charge on any atom is -0.756 e. The number of hydrogen-bond donors (Lipinski definition) is 1. The molecule has 308 valence electrons. The zero-order valence-corrected chi connectivity index (χ0v) is 34.0. The summed E-state index contributed by atoms with van der Waals surface area (Å²) in [4.78, 5) is 47.9. The summed E-state index contributed by atoms with van der Waals surface area (Å²) in [5, 5.41) is 10.8. The first-order chi connectivity index (χ1) is 26.1. The molecule has 0 saturated heterocycles. The Kier molecular flexibility index (Phi) is 34.8. The highest BCUT2D eigenvalue weighted by Crippen LogP contribution is 2.38. The normalized spacial score (nSPS) is 14.6. The van der Waals surface area contributed by atoms with E-state index in [1.165, 1.54) is 0 Å². The van der Waals surface area contributed by atoms with Crippen molar-refractivity contribution >= 4 is 25.7 Å². The maximum atomic E-state index is 12.6. The molecule has 0 rings (SSSR count). The number of aliphatic carboxylic acids is 1. The van der Waals surface area contributed by atoms with Crippen LogP contribution < -0.4 is 15.7 Å².